The van der Waals surface area contributed by atoms with Gasteiger partial charge >= 0.3 is 18.0 Å². The largest absolute Gasteiger partial charge is 0.497 e. The Balaban J connectivity index is 2.46. The Hall–Kier alpha value is -2.37. The number of halogens is 7. The summed E-state index contributed by atoms with van der Waals surface area (Å²) < 4.78 is 98.1. The van der Waals surface area contributed by atoms with Crippen molar-refractivity contribution in [2.75, 3.05) is 7.11 Å². The summed E-state index contributed by atoms with van der Waals surface area (Å²) in [4.78, 5) is 12.7. The number of rotatable bonds is 5. The molecule has 0 saturated heterocycles. The van der Waals surface area contributed by atoms with Crippen LogP contribution >= 0.6 is 0 Å². The first-order valence-corrected chi connectivity index (χ1v) is 8.97. The molecular formula is C19H21F7N2O3. The molecule has 1 amide bonds. The summed E-state index contributed by atoms with van der Waals surface area (Å²) >= 11 is 0. The fourth-order valence-corrected chi connectivity index (χ4v) is 2.92. The topological polar surface area (TPSA) is 62.1 Å². The van der Waals surface area contributed by atoms with Crippen molar-refractivity contribution in [2.24, 2.45) is 10.5 Å². The lowest BCUT2D eigenvalue weighted by atomic mass is 9.79. The molecule has 1 aromatic carbocycles. The molecule has 1 N–H and O–H groups in total. The second kappa shape index (κ2) is 7.64. The molecule has 1 heterocycles. The summed E-state index contributed by atoms with van der Waals surface area (Å²) in [6.45, 7) is 3.91. The highest BCUT2D eigenvalue weighted by Gasteiger charge is 2.76. The number of ether oxygens (including phenoxy) is 1. The summed E-state index contributed by atoms with van der Waals surface area (Å²) in [6, 6.07) is 5.91. The van der Waals surface area contributed by atoms with Crippen LogP contribution in [-0.4, -0.2) is 52.6 Å². The zero-order valence-corrected chi connectivity index (χ0v) is 17.0. The highest BCUT2D eigenvalue weighted by atomic mass is 19.4. The Morgan fingerprint density at radius 3 is 2.03 bits per heavy atom. The summed E-state index contributed by atoms with van der Waals surface area (Å²) in [5, 5.41) is 14.2. The molecule has 2 rings (SSSR count). The van der Waals surface area contributed by atoms with Crippen LogP contribution in [0.15, 0.2) is 29.4 Å². The highest BCUT2D eigenvalue weighted by molar-refractivity contribution is 5.96. The average Bonchev–Trinajstić information content (AvgIpc) is 3.01. The van der Waals surface area contributed by atoms with Crippen LogP contribution in [0.3, 0.4) is 0 Å². The summed E-state index contributed by atoms with van der Waals surface area (Å²) in [7, 11) is 1.40. The van der Waals surface area contributed by atoms with Crippen LogP contribution in [0, 0.1) is 5.41 Å². The number of aliphatic hydroxyl groups is 1. The van der Waals surface area contributed by atoms with Gasteiger partial charge in [-0.15, -0.1) is 0 Å². The van der Waals surface area contributed by atoms with Crippen LogP contribution < -0.4 is 4.74 Å². The maximum Gasteiger partial charge on any atom is 0.460 e. The maximum atomic E-state index is 14.2. The van der Waals surface area contributed by atoms with Crippen molar-refractivity contribution in [3.8, 4) is 5.75 Å². The Bertz CT molecular complexity index is 861. The molecule has 1 aliphatic rings. The van der Waals surface area contributed by atoms with Gasteiger partial charge in [0.2, 0.25) is 5.91 Å². The predicted octanol–water partition coefficient (Wildman–Crippen LogP) is 4.39. The average molecular weight is 458 g/mol. The number of carbonyl (C=O) groups excluding carboxylic acids is 1. The number of carbonyl (C=O) groups is 1. The van der Waals surface area contributed by atoms with E-state index >= 15 is 0 Å². The SMILES string of the molecule is COc1ccc(CC(=O)N2N=C(C(F)(F)C(F)(F)C(F)(F)F)C[C@]2(O)C(C)(C)C)cc1. The van der Waals surface area contributed by atoms with E-state index in [9.17, 15) is 40.6 Å². The number of hydrogen-bond donors (Lipinski definition) is 1. The van der Waals surface area contributed by atoms with Gasteiger partial charge in [-0.25, -0.2) is 5.01 Å². The van der Waals surface area contributed by atoms with Crippen LogP contribution in [0.5, 0.6) is 5.75 Å². The van der Waals surface area contributed by atoms with Crippen molar-refractivity contribution < 1.29 is 45.4 Å². The standard InChI is InChI=1S/C19H21F7N2O3/c1-15(2,3)16(30)10-13(17(20,21)18(22,23)19(24,25)26)27-28(16)14(29)9-11-5-7-12(31-4)8-6-11/h5-8,30H,9-10H2,1-4H3/t16-/m0/s1. The van der Waals surface area contributed by atoms with Crippen LogP contribution in [0.2, 0.25) is 0 Å². The Morgan fingerprint density at radius 2 is 1.61 bits per heavy atom. The monoisotopic (exact) mass is 458 g/mol. The quantitative estimate of drug-likeness (QED) is 0.666. The number of hydrazone groups is 1. The molecule has 5 nitrogen and oxygen atoms in total. The fraction of sp³-hybridized carbons (Fsp3) is 0.579. The van der Waals surface area contributed by atoms with E-state index < -0.39 is 53.6 Å². The first-order chi connectivity index (χ1) is 13.9. The number of nitrogens with zero attached hydrogens (tertiary/aromatic N) is 2. The van der Waals surface area contributed by atoms with E-state index in [0.29, 0.717) is 11.3 Å². The molecule has 0 bridgehead atoms. The molecule has 0 fully saturated rings. The Kier molecular flexibility index (Phi) is 6.14. The van der Waals surface area contributed by atoms with Gasteiger partial charge < -0.3 is 9.84 Å². The highest BCUT2D eigenvalue weighted by Crippen LogP contribution is 2.51. The van der Waals surface area contributed by atoms with Crippen molar-refractivity contribution in [3.63, 3.8) is 0 Å². The third-order valence-corrected chi connectivity index (χ3v) is 5.05. The number of alkyl halides is 7. The van der Waals surface area contributed by atoms with Crippen molar-refractivity contribution in [1.82, 2.24) is 5.01 Å². The number of amides is 1. The zero-order chi connectivity index (χ0) is 24.0. The van der Waals surface area contributed by atoms with Crippen LogP contribution in [0.1, 0.15) is 32.8 Å². The molecule has 0 aliphatic carbocycles. The lowest BCUT2D eigenvalue weighted by Crippen LogP contribution is -2.58. The van der Waals surface area contributed by atoms with Gasteiger partial charge in [0.25, 0.3) is 0 Å². The van der Waals surface area contributed by atoms with Crippen molar-refractivity contribution in [3.05, 3.63) is 29.8 Å². The first-order valence-electron chi connectivity index (χ1n) is 8.97. The maximum absolute atomic E-state index is 14.2. The van der Waals surface area contributed by atoms with Crippen molar-refractivity contribution >= 4 is 11.6 Å². The lowest BCUT2D eigenvalue weighted by molar-refractivity contribution is -0.336. The molecule has 1 atom stereocenters. The van der Waals surface area contributed by atoms with E-state index in [1.807, 2.05) is 0 Å². The van der Waals surface area contributed by atoms with Crippen molar-refractivity contribution in [2.45, 2.75) is 57.4 Å². The van der Waals surface area contributed by atoms with Gasteiger partial charge in [-0.3, -0.25) is 4.79 Å². The minimum atomic E-state index is -6.57. The van der Waals surface area contributed by atoms with Gasteiger partial charge in [-0.2, -0.15) is 35.8 Å². The molecule has 0 saturated carbocycles. The molecule has 0 spiro atoms. The van der Waals surface area contributed by atoms with Gasteiger partial charge in [0.15, 0.2) is 5.72 Å². The summed E-state index contributed by atoms with van der Waals surface area (Å²) in [5.74, 6) is -12.8. The second-order valence-corrected chi connectivity index (χ2v) is 8.17. The van der Waals surface area contributed by atoms with E-state index in [1.54, 1.807) is 0 Å². The van der Waals surface area contributed by atoms with E-state index in [4.69, 9.17) is 4.74 Å². The van der Waals surface area contributed by atoms with Gasteiger partial charge in [0.1, 0.15) is 11.5 Å². The number of benzene rings is 1. The third-order valence-electron chi connectivity index (χ3n) is 5.05. The molecule has 0 aromatic heterocycles. The molecule has 31 heavy (non-hydrogen) atoms. The molecule has 1 aliphatic heterocycles. The van der Waals surface area contributed by atoms with Crippen LogP contribution in [0.25, 0.3) is 0 Å². The van der Waals surface area contributed by atoms with Crippen LogP contribution in [0.4, 0.5) is 30.7 Å². The fourth-order valence-electron chi connectivity index (χ4n) is 2.92. The van der Waals surface area contributed by atoms with Gasteiger partial charge in [0, 0.05) is 11.8 Å². The molecule has 174 valence electrons. The summed E-state index contributed by atoms with van der Waals surface area (Å²) in [5.41, 5.74) is -5.57. The molecule has 0 unspecified atom stereocenters. The summed E-state index contributed by atoms with van der Waals surface area (Å²) in [6.07, 6.45) is -8.44. The van der Waals surface area contributed by atoms with E-state index in [-0.39, 0.29) is 5.01 Å². The predicted molar refractivity (Wildman–Crippen MR) is 95.9 cm³/mol. The molecular weight excluding hydrogens is 437 g/mol. The lowest BCUT2D eigenvalue weighted by Gasteiger charge is -2.41. The van der Waals surface area contributed by atoms with Gasteiger partial charge in [-0.05, 0) is 17.7 Å². The minimum absolute atomic E-state index is 0.174. The molecule has 1 aromatic rings. The zero-order valence-electron chi connectivity index (χ0n) is 17.0. The van der Waals surface area contributed by atoms with Crippen molar-refractivity contribution in [1.29, 1.82) is 0 Å². The minimum Gasteiger partial charge on any atom is -0.497 e. The molecule has 0 radical (unpaired) electrons. The Labute approximate surface area is 173 Å². The van der Waals surface area contributed by atoms with E-state index in [1.165, 1.54) is 52.1 Å². The third kappa shape index (κ3) is 4.21. The van der Waals surface area contributed by atoms with E-state index in [0.717, 1.165) is 0 Å². The smallest absolute Gasteiger partial charge is 0.460 e. The number of hydrogen-bond acceptors (Lipinski definition) is 4. The van der Waals surface area contributed by atoms with Gasteiger partial charge in [-0.1, -0.05) is 32.9 Å². The molecule has 12 heteroatoms. The Morgan fingerprint density at radius 1 is 1.10 bits per heavy atom. The number of methoxy groups -OCH3 is 1. The second-order valence-electron chi connectivity index (χ2n) is 8.17. The van der Waals surface area contributed by atoms with E-state index in [2.05, 4.69) is 5.10 Å². The van der Waals surface area contributed by atoms with Gasteiger partial charge in [0.05, 0.1) is 13.5 Å². The normalized spacial score (nSPS) is 20.6. The van der Waals surface area contributed by atoms with Crippen LogP contribution in [-0.2, 0) is 11.2 Å². The first kappa shape index (κ1) is 24.9.